The monoisotopic (exact) mass is 570 g/mol. The zero-order valence-electron chi connectivity index (χ0n) is 22.6. The Morgan fingerprint density at radius 2 is 1.75 bits per heavy atom. The molecular formula is C32H30N2O4S2. The standard InChI is InChI=1S/C32H30N2O4S2/c1-4-19-38-24-15-11-21(12-16-24)20-26-30(35)34-29(23-13-17-25(39-3)18-14-23)27(31(36)37-5-2)28(33-32(34)40-26)22-9-7-6-8-10-22/h6-18,20,29H,4-5,19H2,1-3H3/b26-20-/t29-/m1/s1. The van der Waals surface area contributed by atoms with Gasteiger partial charge >= 0.3 is 5.97 Å². The van der Waals surface area contributed by atoms with Gasteiger partial charge in [-0.05, 0) is 61.1 Å². The number of ether oxygens (including phenoxy) is 2. The van der Waals surface area contributed by atoms with E-state index in [9.17, 15) is 9.59 Å². The SMILES string of the molecule is CCCOc1ccc(/C=c2\sc3n(c2=O)[C@H](c2ccc(SC)cc2)C(C(=O)OCC)=C(c2ccccc2)N=3)cc1. The number of hydrogen-bond donors (Lipinski definition) is 0. The summed E-state index contributed by atoms with van der Waals surface area (Å²) in [6.45, 7) is 4.71. The van der Waals surface area contributed by atoms with Crippen LogP contribution in [0.25, 0.3) is 11.8 Å². The van der Waals surface area contributed by atoms with Crippen LogP contribution in [0.5, 0.6) is 5.75 Å². The van der Waals surface area contributed by atoms with Crippen molar-refractivity contribution in [1.82, 2.24) is 4.57 Å². The maximum Gasteiger partial charge on any atom is 0.338 e. The normalized spacial score (nSPS) is 15.0. The highest BCUT2D eigenvalue weighted by atomic mass is 32.2. The lowest BCUT2D eigenvalue weighted by Gasteiger charge is -2.26. The van der Waals surface area contributed by atoms with Gasteiger partial charge in [-0.25, -0.2) is 9.79 Å². The summed E-state index contributed by atoms with van der Waals surface area (Å²) < 4.78 is 13.4. The van der Waals surface area contributed by atoms with Crippen LogP contribution in [0.15, 0.2) is 99.1 Å². The molecule has 0 saturated heterocycles. The van der Waals surface area contributed by atoms with Crippen molar-refractivity contribution in [2.24, 2.45) is 4.99 Å². The van der Waals surface area contributed by atoms with E-state index in [2.05, 4.69) is 6.92 Å². The summed E-state index contributed by atoms with van der Waals surface area (Å²) in [5.74, 6) is 0.307. The number of carbonyl (C=O) groups is 1. The van der Waals surface area contributed by atoms with Crippen LogP contribution in [0.1, 0.15) is 43.0 Å². The minimum atomic E-state index is -0.687. The fraction of sp³-hybridized carbons (Fsp3) is 0.219. The molecule has 0 N–H and O–H groups in total. The summed E-state index contributed by atoms with van der Waals surface area (Å²) in [4.78, 5) is 34.0. The number of hydrogen-bond acceptors (Lipinski definition) is 7. The second kappa shape index (κ2) is 12.5. The average molecular weight is 571 g/mol. The quantitative estimate of drug-likeness (QED) is 0.198. The highest BCUT2D eigenvalue weighted by Crippen LogP contribution is 2.35. The van der Waals surface area contributed by atoms with Gasteiger partial charge in [-0.3, -0.25) is 9.36 Å². The lowest BCUT2D eigenvalue weighted by molar-refractivity contribution is -0.138. The number of rotatable bonds is 9. The van der Waals surface area contributed by atoms with Crippen LogP contribution in [0.3, 0.4) is 0 Å². The summed E-state index contributed by atoms with van der Waals surface area (Å²) in [5, 5.41) is 0. The molecule has 1 aromatic heterocycles. The number of thiazole rings is 1. The molecule has 204 valence electrons. The van der Waals surface area contributed by atoms with E-state index in [-0.39, 0.29) is 12.2 Å². The second-order valence-electron chi connectivity index (χ2n) is 9.12. The number of thioether (sulfide) groups is 1. The molecular weight excluding hydrogens is 540 g/mol. The van der Waals surface area contributed by atoms with Gasteiger partial charge in [-0.15, -0.1) is 11.8 Å². The maximum absolute atomic E-state index is 14.0. The van der Waals surface area contributed by atoms with Crippen molar-refractivity contribution < 1.29 is 14.3 Å². The minimum absolute atomic E-state index is 0.206. The predicted molar refractivity (Wildman–Crippen MR) is 162 cm³/mol. The summed E-state index contributed by atoms with van der Waals surface area (Å²) in [6.07, 6.45) is 4.80. The Hall–Kier alpha value is -3.88. The predicted octanol–water partition coefficient (Wildman–Crippen LogP) is 5.45. The van der Waals surface area contributed by atoms with E-state index in [1.54, 1.807) is 23.3 Å². The summed E-state index contributed by atoms with van der Waals surface area (Å²) in [5.41, 5.74) is 3.14. The van der Waals surface area contributed by atoms with Crippen LogP contribution in [0.2, 0.25) is 0 Å². The molecule has 0 aliphatic carbocycles. The average Bonchev–Trinajstić information content (AvgIpc) is 3.30. The molecule has 1 atom stereocenters. The molecule has 5 rings (SSSR count). The van der Waals surface area contributed by atoms with E-state index in [0.29, 0.717) is 27.2 Å². The van der Waals surface area contributed by atoms with Crippen LogP contribution in [-0.4, -0.2) is 30.0 Å². The summed E-state index contributed by atoms with van der Waals surface area (Å²) >= 11 is 2.95. The van der Waals surface area contributed by atoms with Crippen molar-refractivity contribution in [1.29, 1.82) is 0 Å². The van der Waals surface area contributed by atoms with Crippen LogP contribution < -0.4 is 19.6 Å². The van der Waals surface area contributed by atoms with Crippen LogP contribution in [0, 0.1) is 0 Å². The van der Waals surface area contributed by atoms with E-state index in [0.717, 1.165) is 33.8 Å². The lowest BCUT2D eigenvalue weighted by atomic mass is 9.93. The molecule has 1 aliphatic heterocycles. The molecule has 4 aromatic rings. The second-order valence-corrected chi connectivity index (χ2v) is 11.0. The summed E-state index contributed by atoms with van der Waals surface area (Å²) in [7, 11) is 0. The van der Waals surface area contributed by atoms with Crippen molar-refractivity contribution in [2.75, 3.05) is 19.5 Å². The van der Waals surface area contributed by atoms with Crippen molar-refractivity contribution in [3.8, 4) is 5.75 Å². The molecule has 2 heterocycles. The number of aromatic nitrogens is 1. The topological polar surface area (TPSA) is 69.9 Å². The Morgan fingerprint density at radius 3 is 2.40 bits per heavy atom. The van der Waals surface area contributed by atoms with Crippen molar-refractivity contribution in [3.63, 3.8) is 0 Å². The van der Waals surface area contributed by atoms with Gasteiger partial charge in [0.2, 0.25) is 0 Å². The van der Waals surface area contributed by atoms with Gasteiger partial charge in [-0.1, -0.05) is 72.9 Å². The minimum Gasteiger partial charge on any atom is -0.494 e. The molecule has 0 spiro atoms. The number of benzene rings is 3. The third kappa shape index (κ3) is 5.69. The molecule has 1 aliphatic rings. The zero-order valence-corrected chi connectivity index (χ0v) is 24.3. The van der Waals surface area contributed by atoms with E-state index in [4.69, 9.17) is 14.5 Å². The molecule has 8 heteroatoms. The van der Waals surface area contributed by atoms with E-state index in [1.807, 2.05) is 91.2 Å². The van der Waals surface area contributed by atoms with E-state index in [1.165, 1.54) is 11.3 Å². The molecule has 0 radical (unpaired) electrons. The van der Waals surface area contributed by atoms with Crippen molar-refractivity contribution in [2.45, 2.75) is 31.2 Å². The van der Waals surface area contributed by atoms with Gasteiger partial charge in [0.25, 0.3) is 5.56 Å². The van der Waals surface area contributed by atoms with Gasteiger partial charge < -0.3 is 9.47 Å². The molecule has 0 unspecified atom stereocenters. The fourth-order valence-electron chi connectivity index (χ4n) is 4.57. The Kier molecular flexibility index (Phi) is 8.67. The zero-order chi connectivity index (χ0) is 28.1. The number of carbonyl (C=O) groups excluding carboxylic acids is 1. The van der Waals surface area contributed by atoms with Crippen molar-refractivity contribution >= 4 is 40.8 Å². The first kappa shape index (κ1) is 27.7. The molecule has 0 bridgehead atoms. The van der Waals surface area contributed by atoms with Gasteiger partial charge in [0.15, 0.2) is 4.80 Å². The van der Waals surface area contributed by atoms with Crippen molar-refractivity contribution in [3.05, 3.63) is 121 Å². The van der Waals surface area contributed by atoms with Gasteiger partial charge in [0.1, 0.15) is 5.75 Å². The third-order valence-corrected chi connectivity index (χ3v) is 8.18. The Labute approximate surface area is 241 Å². The van der Waals surface area contributed by atoms with Crippen LogP contribution in [0.4, 0.5) is 0 Å². The first-order valence-electron chi connectivity index (χ1n) is 13.2. The Morgan fingerprint density at radius 1 is 1.02 bits per heavy atom. The molecule has 6 nitrogen and oxygen atoms in total. The number of fused-ring (bicyclic) bond motifs is 1. The Balaban J connectivity index is 1.72. The summed E-state index contributed by atoms with van der Waals surface area (Å²) in [6, 6.07) is 24.5. The highest BCUT2D eigenvalue weighted by molar-refractivity contribution is 7.98. The Bertz CT molecular complexity index is 1700. The molecule has 0 saturated carbocycles. The molecule has 3 aromatic carbocycles. The van der Waals surface area contributed by atoms with Crippen LogP contribution >= 0.6 is 23.1 Å². The third-order valence-electron chi connectivity index (χ3n) is 6.46. The number of esters is 1. The lowest BCUT2D eigenvalue weighted by Crippen LogP contribution is -2.40. The largest absolute Gasteiger partial charge is 0.494 e. The first-order valence-corrected chi connectivity index (χ1v) is 15.2. The molecule has 40 heavy (non-hydrogen) atoms. The van der Waals surface area contributed by atoms with E-state index < -0.39 is 12.0 Å². The number of nitrogens with zero attached hydrogens (tertiary/aromatic N) is 2. The fourth-order valence-corrected chi connectivity index (χ4v) is 5.98. The van der Waals surface area contributed by atoms with E-state index >= 15 is 0 Å². The smallest absolute Gasteiger partial charge is 0.338 e. The van der Waals surface area contributed by atoms with Gasteiger partial charge in [0, 0.05) is 10.5 Å². The highest BCUT2D eigenvalue weighted by Gasteiger charge is 2.35. The van der Waals surface area contributed by atoms with Gasteiger partial charge in [-0.2, -0.15) is 0 Å². The molecule has 0 fully saturated rings. The molecule has 0 amide bonds. The van der Waals surface area contributed by atoms with Crippen LogP contribution in [-0.2, 0) is 9.53 Å². The van der Waals surface area contributed by atoms with Gasteiger partial charge in [0.05, 0.1) is 35.1 Å². The maximum atomic E-state index is 14.0. The first-order chi connectivity index (χ1) is 19.5.